The number of nitrogens with zero attached hydrogens (tertiary/aromatic N) is 1. The summed E-state index contributed by atoms with van der Waals surface area (Å²) in [6.07, 6.45) is 0.414. The molecule has 0 unspecified atom stereocenters. The Labute approximate surface area is 111 Å². The highest BCUT2D eigenvalue weighted by Gasteiger charge is 2.17. The van der Waals surface area contributed by atoms with Gasteiger partial charge in [-0.25, -0.2) is 9.37 Å². The predicted octanol–water partition coefficient (Wildman–Crippen LogP) is 2.80. The third kappa shape index (κ3) is 3.50. The first-order valence-corrected chi connectivity index (χ1v) is 6.20. The maximum absolute atomic E-state index is 13.1. The highest BCUT2D eigenvalue weighted by atomic mass is 19.1. The van der Waals surface area contributed by atoms with Crippen LogP contribution >= 0.6 is 0 Å². The van der Waals surface area contributed by atoms with E-state index in [9.17, 15) is 9.18 Å². The molecule has 0 aliphatic heterocycles. The molecule has 1 heterocycles. The van der Waals surface area contributed by atoms with E-state index in [1.807, 2.05) is 26.8 Å². The van der Waals surface area contributed by atoms with Gasteiger partial charge in [-0.2, -0.15) is 0 Å². The average molecular weight is 260 g/mol. The molecular weight excluding hydrogens is 243 g/mol. The van der Waals surface area contributed by atoms with Gasteiger partial charge in [0.25, 0.3) is 5.56 Å². The third-order valence-corrected chi connectivity index (χ3v) is 2.82. The van der Waals surface area contributed by atoms with Crippen molar-refractivity contribution in [2.24, 2.45) is 0 Å². The second-order valence-electron chi connectivity index (χ2n) is 5.63. The monoisotopic (exact) mass is 260 g/mol. The molecule has 100 valence electrons. The number of aromatic nitrogens is 2. The number of hydrogen-bond donors (Lipinski definition) is 1. The zero-order valence-electron chi connectivity index (χ0n) is 11.3. The van der Waals surface area contributed by atoms with Crippen LogP contribution in [0.3, 0.4) is 0 Å². The Morgan fingerprint density at radius 1 is 1.26 bits per heavy atom. The zero-order chi connectivity index (χ0) is 14.0. The lowest BCUT2D eigenvalue weighted by Crippen LogP contribution is -2.21. The van der Waals surface area contributed by atoms with Gasteiger partial charge in [0.1, 0.15) is 11.6 Å². The van der Waals surface area contributed by atoms with Crippen LogP contribution in [0.2, 0.25) is 0 Å². The molecule has 1 aromatic carbocycles. The normalized spacial score (nSPS) is 11.6. The summed E-state index contributed by atoms with van der Waals surface area (Å²) < 4.78 is 13.1. The minimum absolute atomic E-state index is 0.175. The van der Waals surface area contributed by atoms with E-state index in [4.69, 9.17) is 0 Å². The summed E-state index contributed by atoms with van der Waals surface area (Å²) in [5.41, 5.74) is 1.16. The van der Waals surface area contributed by atoms with Crippen LogP contribution in [0.1, 0.15) is 37.9 Å². The summed E-state index contributed by atoms with van der Waals surface area (Å²) >= 11 is 0. The highest BCUT2D eigenvalue weighted by Crippen LogP contribution is 2.18. The molecular formula is C15H17FN2O. The molecule has 1 N–H and O–H groups in total. The molecule has 0 atom stereocenters. The topological polar surface area (TPSA) is 45.8 Å². The molecule has 1 aromatic heterocycles. The first kappa shape index (κ1) is 13.5. The lowest BCUT2D eigenvalue weighted by atomic mass is 9.92. The van der Waals surface area contributed by atoms with Crippen LogP contribution in [0.15, 0.2) is 35.1 Å². The summed E-state index contributed by atoms with van der Waals surface area (Å²) in [5, 5.41) is 0. The minimum atomic E-state index is -0.285. The number of halogens is 1. The number of aromatic amines is 1. The predicted molar refractivity (Wildman–Crippen MR) is 72.8 cm³/mol. The highest BCUT2D eigenvalue weighted by molar-refractivity contribution is 5.21. The van der Waals surface area contributed by atoms with Crippen molar-refractivity contribution in [2.45, 2.75) is 32.6 Å². The molecule has 3 nitrogen and oxygen atoms in total. The third-order valence-electron chi connectivity index (χ3n) is 2.82. The molecule has 0 spiro atoms. The minimum Gasteiger partial charge on any atom is -0.310 e. The molecule has 4 heteroatoms. The van der Waals surface area contributed by atoms with Crippen LogP contribution in [0, 0.1) is 5.82 Å². The van der Waals surface area contributed by atoms with E-state index in [1.165, 1.54) is 18.2 Å². The number of hydrogen-bond acceptors (Lipinski definition) is 2. The first-order chi connectivity index (χ1) is 8.84. The van der Waals surface area contributed by atoms with Crippen molar-refractivity contribution < 1.29 is 4.39 Å². The molecule has 0 fully saturated rings. The Morgan fingerprint density at radius 2 is 2.00 bits per heavy atom. The molecule has 0 aliphatic rings. The van der Waals surface area contributed by atoms with Crippen LogP contribution < -0.4 is 5.56 Å². The maximum atomic E-state index is 13.1. The fourth-order valence-electron chi connectivity index (χ4n) is 1.82. The van der Waals surface area contributed by atoms with Gasteiger partial charge >= 0.3 is 0 Å². The molecule has 0 radical (unpaired) electrons. The Bertz CT molecular complexity index is 641. The number of nitrogens with one attached hydrogen (secondary N) is 1. The standard InChI is InChI=1S/C15H17FN2O/c1-15(2,3)12-9-14(19)18-13(17-12)8-10-5-4-6-11(16)7-10/h4-7,9H,8H2,1-3H3,(H,17,18,19). The van der Waals surface area contributed by atoms with Crippen molar-refractivity contribution >= 4 is 0 Å². The molecule has 2 aromatic rings. The molecule has 0 saturated heterocycles. The number of H-pyrrole nitrogens is 1. The zero-order valence-corrected chi connectivity index (χ0v) is 11.3. The largest absolute Gasteiger partial charge is 0.310 e. The van der Waals surface area contributed by atoms with Gasteiger partial charge in [0, 0.05) is 17.9 Å². The van der Waals surface area contributed by atoms with Gasteiger partial charge in [0.2, 0.25) is 0 Å². The van der Waals surface area contributed by atoms with Gasteiger partial charge in [-0.3, -0.25) is 4.79 Å². The maximum Gasteiger partial charge on any atom is 0.251 e. The average Bonchev–Trinajstić information content (AvgIpc) is 2.26. The van der Waals surface area contributed by atoms with E-state index in [0.29, 0.717) is 12.2 Å². The van der Waals surface area contributed by atoms with Crippen LogP contribution in [0.4, 0.5) is 4.39 Å². The van der Waals surface area contributed by atoms with Crippen LogP contribution in [-0.4, -0.2) is 9.97 Å². The summed E-state index contributed by atoms with van der Waals surface area (Å²) in [6, 6.07) is 7.81. The van der Waals surface area contributed by atoms with Crippen LogP contribution in [-0.2, 0) is 11.8 Å². The summed E-state index contributed by atoms with van der Waals surface area (Å²) in [5.74, 6) is 0.273. The molecule has 0 bridgehead atoms. The fraction of sp³-hybridized carbons (Fsp3) is 0.333. The van der Waals surface area contributed by atoms with E-state index >= 15 is 0 Å². The SMILES string of the molecule is CC(C)(C)c1cc(=O)[nH]c(Cc2cccc(F)c2)n1. The summed E-state index contributed by atoms with van der Waals surface area (Å²) in [4.78, 5) is 18.8. The Kier molecular flexibility index (Phi) is 3.51. The van der Waals surface area contributed by atoms with Crippen molar-refractivity contribution in [3.05, 3.63) is 63.6 Å². The van der Waals surface area contributed by atoms with Crippen molar-refractivity contribution in [3.63, 3.8) is 0 Å². The Morgan fingerprint density at radius 3 is 2.63 bits per heavy atom. The molecule has 0 aliphatic carbocycles. The van der Waals surface area contributed by atoms with Crippen molar-refractivity contribution in [1.82, 2.24) is 9.97 Å². The summed E-state index contributed by atoms with van der Waals surface area (Å²) in [7, 11) is 0. The quantitative estimate of drug-likeness (QED) is 0.902. The van der Waals surface area contributed by atoms with Gasteiger partial charge in [0.15, 0.2) is 0 Å². The van der Waals surface area contributed by atoms with E-state index in [-0.39, 0.29) is 16.8 Å². The first-order valence-electron chi connectivity index (χ1n) is 6.20. The molecule has 0 saturated carbocycles. The lowest BCUT2D eigenvalue weighted by Gasteiger charge is -2.17. The Balaban J connectivity index is 2.36. The summed E-state index contributed by atoms with van der Waals surface area (Å²) in [6.45, 7) is 6.00. The molecule has 2 rings (SSSR count). The van der Waals surface area contributed by atoms with E-state index in [0.717, 1.165) is 11.3 Å². The van der Waals surface area contributed by atoms with E-state index in [1.54, 1.807) is 6.07 Å². The molecule has 0 amide bonds. The van der Waals surface area contributed by atoms with E-state index < -0.39 is 0 Å². The van der Waals surface area contributed by atoms with Crippen LogP contribution in [0.25, 0.3) is 0 Å². The number of rotatable bonds is 2. The van der Waals surface area contributed by atoms with Crippen molar-refractivity contribution in [1.29, 1.82) is 0 Å². The van der Waals surface area contributed by atoms with Gasteiger partial charge in [-0.05, 0) is 17.7 Å². The second kappa shape index (κ2) is 4.96. The van der Waals surface area contributed by atoms with Gasteiger partial charge in [0.05, 0.1) is 5.69 Å². The van der Waals surface area contributed by atoms with E-state index in [2.05, 4.69) is 9.97 Å². The number of benzene rings is 1. The van der Waals surface area contributed by atoms with Gasteiger partial charge in [-0.1, -0.05) is 32.9 Å². The molecule has 19 heavy (non-hydrogen) atoms. The lowest BCUT2D eigenvalue weighted by molar-refractivity contribution is 0.561. The van der Waals surface area contributed by atoms with Gasteiger partial charge in [-0.15, -0.1) is 0 Å². The van der Waals surface area contributed by atoms with Crippen molar-refractivity contribution in [3.8, 4) is 0 Å². The fourth-order valence-corrected chi connectivity index (χ4v) is 1.82. The van der Waals surface area contributed by atoms with Crippen molar-refractivity contribution in [2.75, 3.05) is 0 Å². The van der Waals surface area contributed by atoms with Gasteiger partial charge < -0.3 is 4.98 Å². The Hall–Kier alpha value is -1.97. The van der Waals surface area contributed by atoms with Crippen LogP contribution in [0.5, 0.6) is 0 Å². The smallest absolute Gasteiger partial charge is 0.251 e. The second-order valence-corrected chi connectivity index (χ2v) is 5.63.